The fraction of sp³-hybridized carbons (Fsp3) is 0.222. The molecule has 0 radical (unpaired) electrons. The van der Waals surface area contributed by atoms with Crippen molar-refractivity contribution in [2.75, 3.05) is 0 Å². The smallest absolute Gasteiger partial charge is 0.165 e. The lowest BCUT2D eigenvalue weighted by atomic mass is 9.92. The Labute approximate surface area is 120 Å². The largest absolute Gasteiger partial charge is 0.504 e. The third kappa shape index (κ3) is 2.42. The van der Waals surface area contributed by atoms with Crippen LogP contribution in [0.25, 0.3) is 11.6 Å². The first-order chi connectivity index (χ1) is 9.43. The molecule has 2 aromatic carbocycles. The highest BCUT2D eigenvalue weighted by molar-refractivity contribution is 5.86. The van der Waals surface area contributed by atoms with Crippen molar-refractivity contribution >= 4 is 11.6 Å². The summed E-state index contributed by atoms with van der Waals surface area (Å²) < 4.78 is 0. The van der Waals surface area contributed by atoms with Crippen LogP contribution in [0.15, 0.2) is 30.3 Å². The van der Waals surface area contributed by atoms with E-state index in [1.54, 1.807) is 0 Å². The standard InChI is InChI=1S/C18H20O2/c1-11(10-15-8-6-5-7-9-15)16-13(3)12(2)14(4)17(19)18(16)20/h5-10,19-20H,1-4H3. The van der Waals surface area contributed by atoms with Crippen LogP contribution in [0.2, 0.25) is 0 Å². The van der Waals surface area contributed by atoms with E-state index in [9.17, 15) is 10.2 Å². The van der Waals surface area contributed by atoms with E-state index in [1.807, 2.05) is 64.1 Å². The van der Waals surface area contributed by atoms with Crippen LogP contribution in [0.3, 0.4) is 0 Å². The first kappa shape index (κ1) is 14.2. The number of phenols is 2. The van der Waals surface area contributed by atoms with Crippen LogP contribution in [0.1, 0.15) is 34.7 Å². The van der Waals surface area contributed by atoms with E-state index in [0.29, 0.717) is 0 Å². The molecule has 2 heteroatoms. The van der Waals surface area contributed by atoms with Crippen molar-refractivity contribution in [3.05, 3.63) is 58.1 Å². The highest BCUT2D eigenvalue weighted by Crippen LogP contribution is 2.41. The Kier molecular flexibility index (Phi) is 3.84. The summed E-state index contributed by atoms with van der Waals surface area (Å²) in [5, 5.41) is 20.3. The second-order valence-corrected chi connectivity index (χ2v) is 5.19. The maximum absolute atomic E-state index is 10.2. The lowest BCUT2D eigenvalue weighted by molar-refractivity contribution is 0.399. The molecule has 0 atom stereocenters. The van der Waals surface area contributed by atoms with Crippen molar-refractivity contribution in [1.29, 1.82) is 0 Å². The molecular formula is C18H20O2. The zero-order valence-electron chi connectivity index (χ0n) is 12.4. The Hall–Kier alpha value is -2.22. The van der Waals surface area contributed by atoms with Crippen LogP contribution < -0.4 is 0 Å². The van der Waals surface area contributed by atoms with Gasteiger partial charge >= 0.3 is 0 Å². The zero-order valence-corrected chi connectivity index (χ0v) is 12.4. The average Bonchev–Trinajstić information content (AvgIpc) is 2.44. The summed E-state index contributed by atoms with van der Waals surface area (Å²) >= 11 is 0. The molecule has 2 N–H and O–H groups in total. The third-order valence-electron chi connectivity index (χ3n) is 3.89. The van der Waals surface area contributed by atoms with Gasteiger partial charge in [0, 0.05) is 5.56 Å². The number of rotatable bonds is 2. The van der Waals surface area contributed by atoms with E-state index >= 15 is 0 Å². The molecule has 0 saturated heterocycles. The number of hydrogen-bond donors (Lipinski definition) is 2. The Bertz CT molecular complexity index is 639. The number of allylic oxidation sites excluding steroid dienone is 1. The van der Waals surface area contributed by atoms with E-state index < -0.39 is 0 Å². The second-order valence-electron chi connectivity index (χ2n) is 5.19. The second kappa shape index (κ2) is 5.41. The van der Waals surface area contributed by atoms with Gasteiger partial charge in [-0.05, 0) is 55.5 Å². The molecule has 2 aromatic rings. The molecule has 104 valence electrons. The number of aromatic hydroxyl groups is 2. The van der Waals surface area contributed by atoms with Gasteiger partial charge in [0.15, 0.2) is 11.5 Å². The lowest BCUT2D eigenvalue weighted by Crippen LogP contribution is -1.95. The van der Waals surface area contributed by atoms with E-state index in [4.69, 9.17) is 0 Å². The molecular weight excluding hydrogens is 248 g/mol. The van der Waals surface area contributed by atoms with Gasteiger partial charge in [0.1, 0.15) is 0 Å². The van der Waals surface area contributed by atoms with Crippen molar-refractivity contribution in [1.82, 2.24) is 0 Å². The van der Waals surface area contributed by atoms with Crippen molar-refractivity contribution in [2.24, 2.45) is 0 Å². The molecule has 0 amide bonds. The van der Waals surface area contributed by atoms with Crippen molar-refractivity contribution in [3.8, 4) is 11.5 Å². The van der Waals surface area contributed by atoms with Crippen LogP contribution in [0, 0.1) is 20.8 Å². The average molecular weight is 268 g/mol. The van der Waals surface area contributed by atoms with Gasteiger partial charge in [0.05, 0.1) is 0 Å². The van der Waals surface area contributed by atoms with Gasteiger partial charge in [-0.3, -0.25) is 0 Å². The predicted molar refractivity (Wildman–Crippen MR) is 84.0 cm³/mol. The van der Waals surface area contributed by atoms with Crippen LogP contribution in [-0.2, 0) is 0 Å². The number of benzene rings is 2. The molecule has 20 heavy (non-hydrogen) atoms. The molecule has 0 spiro atoms. The summed E-state index contributed by atoms with van der Waals surface area (Å²) in [4.78, 5) is 0. The summed E-state index contributed by atoms with van der Waals surface area (Å²) in [6, 6.07) is 9.94. The highest BCUT2D eigenvalue weighted by Gasteiger charge is 2.17. The Balaban J connectivity index is 2.62. The Morgan fingerprint density at radius 3 is 2.05 bits per heavy atom. The van der Waals surface area contributed by atoms with Gasteiger partial charge in [0.25, 0.3) is 0 Å². The number of hydrogen-bond acceptors (Lipinski definition) is 2. The molecule has 0 bridgehead atoms. The highest BCUT2D eigenvalue weighted by atomic mass is 16.3. The van der Waals surface area contributed by atoms with Crippen molar-refractivity contribution in [3.63, 3.8) is 0 Å². The molecule has 0 aliphatic rings. The monoisotopic (exact) mass is 268 g/mol. The SMILES string of the molecule is CC(=Cc1ccccc1)c1c(C)c(C)c(C)c(O)c1O. The van der Waals surface area contributed by atoms with Gasteiger partial charge < -0.3 is 10.2 Å². The first-order valence-corrected chi connectivity index (χ1v) is 6.69. The lowest BCUT2D eigenvalue weighted by Gasteiger charge is -2.16. The molecule has 0 unspecified atom stereocenters. The van der Waals surface area contributed by atoms with Crippen LogP contribution in [-0.4, -0.2) is 10.2 Å². The third-order valence-corrected chi connectivity index (χ3v) is 3.89. The normalized spacial score (nSPS) is 11.7. The first-order valence-electron chi connectivity index (χ1n) is 6.69. The Morgan fingerprint density at radius 1 is 0.850 bits per heavy atom. The van der Waals surface area contributed by atoms with Crippen LogP contribution in [0.5, 0.6) is 11.5 Å². The maximum Gasteiger partial charge on any atom is 0.165 e. The summed E-state index contributed by atoms with van der Waals surface area (Å²) in [7, 11) is 0. The van der Waals surface area contributed by atoms with Gasteiger partial charge in [-0.25, -0.2) is 0 Å². The summed E-state index contributed by atoms with van der Waals surface area (Å²) in [6.07, 6.45) is 2.01. The molecule has 0 aliphatic heterocycles. The minimum atomic E-state index is -0.0321. The van der Waals surface area contributed by atoms with E-state index in [0.717, 1.165) is 33.4 Å². The molecule has 0 saturated carbocycles. The molecule has 0 aliphatic carbocycles. The molecule has 0 aromatic heterocycles. The van der Waals surface area contributed by atoms with Crippen molar-refractivity contribution < 1.29 is 10.2 Å². The molecule has 2 rings (SSSR count). The van der Waals surface area contributed by atoms with E-state index in [-0.39, 0.29) is 11.5 Å². The fourth-order valence-corrected chi connectivity index (χ4v) is 2.47. The topological polar surface area (TPSA) is 40.5 Å². The van der Waals surface area contributed by atoms with Crippen LogP contribution in [0.4, 0.5) is 0 Å². The minimum Gasteiger partial charge on any atom is -0.504 e. The predicted octanol–water partition coefficient (Wildman–Crippen LogP) is 4.58. The number of phenolic OH excluding ortho intramolecular Hbond substituents is 2. The van der Waals surface area contributed by atoms with Gasteiger partial charge in [-0.1, -0.05) is 36.4 Å². The molecule has 2 nitrogen and oxygen atoms in total. The quantitative estimate of drug-likeness (QED) is 0.618. The van der Waals surface area contributed by atoms with Crippen molar-refractivity contribution in [2.45, 2.75) is 27.7 Å². The zero-order chi connectivity index (χ0) is 14.9. The Morgan fingerprint density at radius 2 is 1.45 bits per heavy atom. The summed E-state index contributed by atoms with van der Waals surface area (Å²) in [6.45, 7) is 7.70. The van der Waals surface area contributed by atoms with Gasteiger partial charge in [0.2, 0.25) is 0 Å². The molecule has 0 fully saturated rings. The minimum absolute atomic E-state index is 0.0242. The van der Waals surface area contributed by atoms with E-state index in [2.05, 4.69) is 0 Å². The maximum atomic E-state index is 10.2. The van der Waals surface area contributed by atoms with Gasteiger partial charge in [-0.15, -0.1) is 0 Å². The fourth-order valence-electron chi connectivity index (χ4n) is 2.47. The summed E-state index contributed by atoms with van der Waals surface area (Å²) in [5.41, 5.74) is 5.47. The van der Waals surface area contributed by atoms with Crippen LogP contribution >= 0.6 is 0 Å². The van der Waals surface area contributed by atoms with Gasteiger partial charge in [-0.2, -0.15) is 0 Å². The van der Waals surface area contributed by atoms with E-state index in [1.165, 1.54) is 0 Å². The molecule has 0 heterocycles. The summed E-state index contributed by atoms with van der Waals surface area (Å²) in [5.74, 6) is -0.0563.